The molecule has 0 saturated carbocycles. The number of carbonyl (C=O) groups is 1. The van der Waals surface area contributed by atoms with E-state index in [0.29, 0.717) is 17.9 Å². The van der Waals surface area contributed by atoms with E-state index in [1.165, 1.54) is 0 Å². The van der Waals surface area contributed by atoms with Gasteiger partial charge in [0.2, 0.25) is 0 Å². The maximum atomic E-state index is 12.0. The number of ether oxygens (including phenoxy) is 2. The Morgan fingerprint density at radius 1 is 1.29 bits per heavy atom. The lowest BCUT2D eigenvalue weighted by molar-refractivity contribution is 0.0758. The van der Waals surface area contributed by atoms with Gasteiger partial charge in [0.25, 0.3) is 0 Å². The Hall–Kier alpha value is -1.35. The molecule has 0 saturated heterocycles. The third kappa shape index (κ3) is 3.30. The van der Waals surface area contributed by atoms with Crippen molar-refractivity contribution in [2.75, 3.05) is 20.3 Å². The molecule has 0 amide bonds. The summed E-state index contributed by atoms with van der Waals surface area (Å²) in [6, 6.07) is 3.74. The van der Waals surface area contributed by atoms with Crippen molar-refractivity contribution in [1.82, 2.24) is 0 Å². The molecule has 0 radical (unpaired) electrons. The normalized spacial score (nSPS) is 10.4. The minimum atomic E-state index is -0.0293. The molecule has 0 fully saturated rings. The molecule has 0 aromatic heterocycles. The highest BCUT2D eigenvalue weighted by Gasteiger charge is 2.15. The fourth-order valence-electron chi connectivity index (χ4n) is 1.66. The monoisotopic (exact) mass is 236 g/mol. The summed E-state index contributed by atoms with van der Waals surface area (Å²) in [6.07, 6.45) is 0.914. The van der Waals surface area contributed by atoms with Gasteiger partial charge in [-0.25, -0.2) is 0 Å². The van der Waals surface area contributed by atoms with Crippen LogP contribution in [0.25, 0.3) is 0 Å². The number of methoxy groups -OCH3 is 1. The predicted octanol–water partition coefficient (Wildman–Crippen LogP) is 2.92. The van der Waals surface area contributed by atoms with E-state index < -0.39 is 0 Å². The summed E-state index contributed by atoms with van der Waals surface area (Å²) in [4.78, 5) is 12.0. The number of hydrogen-bond donors (Lipinski definition) is 0. The fourth-order valence-corrected chi connectivity index (χ4v) is 1.66. The minimum absolute atomic E-state index is 0.0293. The first-order valence-corrected chi connectivity index (χ1v) is 5.87. The van der Waals surface area contributed by atoms with Crippen LogP contribution in [-0.4, -0.2) is 26.1 Å². The van der Waals surface area contributed by atoms with Gasteiger partial charge < -0.3 is 9.47 Å². The summed E-state index contributed by atoms with van der Waals surface area (Å²) in [6.45, 7) is 6.70. The van der Waals surface area contributed by atoms with Crippen LogP contribution in [0.4, 0.5) is 0 Å². The second-order valence-electron chi connectivity index (χ2n) is 4.06. The van der Waals surface area contributed by atoms with Gasteiger partial charge in [0.1, 0.15) is 12.4 Å². The van der Waals surface area contributed by atoms with Crippen LogP contribution in [0.1, 0.15) is 34.8 Å². The first-order valence-electron chi connectivity index (χ1n) is 5.87. The lowest BCUT2D eigenvalue weighted by Crippen LogP contribution is -2.12. The van der Waals surface area contributed by atoms with Gasteiger partial charge in [0.15, 0.2) is 5.78 Å². The van der Waals surface area contributed by atoms with Crippen molar-refractivity contribution in [3.8, 4) is 5.75 Å². The Labute approximate surface area is 103 Å². The lowest BCUT2D eigenvalue weighted by atomic mass is 10.0. The highest BCUT2D eigenvalue weighted by atomic mass is 16.5. The molecule has 0 unspecified atom stereocenters. The Morgan fingerprint density at radius 2 is 2.00 bits per heavy atom. The molecular formula is C14H20O3. The summed E-state index contributed by atoms with van der Waals surface area (Å²) in [5.41, 5.74) is 2.73. The standard InChI is InChI=1S/C14H20O3/c1-5-8-17-9-13(15)12-7-6-10(2)11(3)14(12)16-4/h6-7H,5,8-9H2,1-4H3. The third-order valence-corrected chi connectivity index (χ3v) is 2.76. The highest BCUT2D eigenvalue weighted by Crippen LogP contribution is 2.26. The van der Waals surface area contributed by atoms with E-state index in [0.717, 1.165) is 17.5 Å². The molecule has 0 spiro atoms. The van der Waals surface area contributed by atoms with Crippen LogP contribution in [0, 0.1) is 13.8 Å². The molecule has 1 rings (SSSR count). The molecule has 3 heteroatoms. The van der Waals surface area contributed by atoms with E-state index in [-0.39, 0.29) is 12.4 Å². The van der Waals surface area contributed by atoms with E-state index in [9.17, 15) is 4.79 Å². The first-order chi connectivity index (χ1) is 8.11. The van der Waals surface area contributed by atoms with E-state index in [1.807, 2.05) is 26.8 Å². The highest BCUT2D eigenvalue weighted by molar-refractivity contribution is 6.00. The largest absolute Gasteiger partial charge is 0.496 e. The Balaban J connectivity index is 2.90. The number of benzene rings is 1. The maximum Gasteiger partial charge on any atom is 0.192 e. The Bertz CT molecular complexity index is 397. The van der Waals surface area contributed by atoms with Crippen molar-refractivity contribution in [2.45, 2.75) is 27.2 Å². The van der Waals surface area contributed by atoms with Crippen LogP contribution in [0.15, 0.2) is 12.1 Å². The van der Waals surface area contributed by atoms with Crippen molar-refractivity contribution >= 4 is 5.78 Å². The summed E-state index contributed by atoms with van der Waals surface area (Å²) in [5, 5.41) is 0. The zero-order chi connectivity index (χ0) is 12.8. The van der Waals surface area contributed by atoms with Gasteiger partial charge in [-0.3, -0.25) is 4.79 Å². The SMILES string of the molecule is CCCOCC(=O)c1ccc(C)c(C)c1OC. The van der Waals surface area contributed by atoms with Crippen molar-refractivity contribution in [3.63, 3.8) is 0 Å². The molecule has 0 heterocycles. The molecule has 1 aromatic rings. The number of carbonyl (C=O) groups excluding carboxylic acids is 1. The van der Waals surface area contributed by atoms with E-state index in [4.69, 9.17) is 9.47 Å². The summed E-state index contributed by atoms with van der Waals surface area (Å²) < 4.78 is 10.6. The van der Waals surface area contributed by atoms with Crippen LogP contribution < -0.4 is 4.74 Å². The summed E-state index contributed by atoms with van der Waals surface area (Å²) >= 11 is 0. The number of Topliss-reactive ketones (excluding diaryl/α,β-unsaturated/α-hetero) is 1. The van der Waals surface area contributed by atoms with Gasteiger partial charge in [-0.15, -0.1) is 0 Å². The maximum absolute atomic E-state index is 12.0. The molecule has 0 aliphatic heterocycles. The second kappa shape index (κ2) is 6.40. The zero-order valence-corrected chi connectivity index (χ0v) is 11.0. The first kappa shape index (κ1) is 13.7. The number of rotatable bonds is 6. The molecule has 3 nitrogen and oxygen atoms in total. The number of ketones is 1. The molecule has 0 aliphatic carbocycles. The second-order valence-corrected chi connectivity index (χ2v) is 4.06. The number of hydrogen-bond acceptors (Lipinski definition) is 3. The molecule has 0 atom stereocenters. The average molecular weight is 236 g/mol. The molecule has 94 valence electrons. The van der Waals surface area contributed by atoms with Crippen molar-refractivity contribution in [1.29, 1.82) is 0 Å². The zero-order valence-electron chi connectivity index (χ0n) is 11.0. The minimum Gasteiger partial charge on any atom is -0.496 e. The lowest BCUT2D eigenvalue weighted by Gasteiger charge is -2.12. The van der Waals surface area contributed by atoms with Crippen molar-refractivity contribution in [3.05, 3.63) is 28.8 Å². The molecule has 0 N–H and O–H groups in total. The van der Waals surface area contributed by atoms with Crippen LogP contribution in [0.3, 0.4) is 0 Å². The summed E-state index contributed by atoms with van der Waals surface area (Å²) in [5.74, 6) is 0.633. The van der Waals surface area contributed by atoms with Gasteiger partial charge in [-0.05, 0) is 37.5 Å². The third-order valence-electron chi connectivity index (χ3n) is 2.76. The van der Waals surface area contributed by atoms with Gasteiger partial charge in [-0.2, -0.15) is 0 Å². The Morgan fingerprint density at radius 3 is 2.59 bits per heavy atom. The van der Waals surface area contributed by atoms with Gasteiger partial charge in [-0.1, -0.05) is 13.0 Å². The van der Waals surface area contributed by atoms with E-state index >= 15 is 0 Å². The van der Waals surface area contributed by atoms with E-state index in [2.05, 4.69) is 0 Å². The van der Waals surface area contributed by atoms with Gasteiger partial charge in [0, 0.05) is 6.61 Å². The molecular weight excluding hydrogens is 216 g/mol. The van der Waals surface area contributed by atoms with Crippen molar-refractivity contribution < 1.29 is 14.3 Å². The van der Waals surface area contributed by atoms with Crippen LogP contribution in [-0.2, 0) is 4.74 Å². The quantitative estimate of drug-likeness (QED) is 0.562. The van der Waals surface area contributed by atoms with E-state index in [1.54, 1.807) is 13.2 Å². The summed E-state index contributed by atoms with van der Waals surface area (Å²) in [7, 11) is 1.59. The molecule has 17 heavy (non-hydrogen) atoms. The predicted molar refractivity (Wildman–Crippen MR) is 67.9 cm³/mol. The molecule has 0 bridgehead atoms. The van der Waals surface area contributed by atoms with Gasteiger partial charge in [0.05, 0.1) is 12.7 Å². The number of aryl methyl sites for hydroxylation is 1. The molecule has 1 aromatic carbocycles. The van der Waals surface area contributed by atoms with Crippen LogP contribution in [0.5, 0.6) is 5.75 Å². The van der Waals surface area contributed by atoms with Crippen LogP contribution in [0.2, 0.25) is 0 Å². The fraction of sp³-hybridized carbons (Fsp3) is 0.500. The topological polar surface area (TPSA) is 35.5 Å². The smallest absolute Gasteiger partial charge is 0.192 e. The van der Waals surface area contributed by atoms with Crippen LogP contribution >= 0.6 is 0 Å². The average Bonchev–Trinajstić information content (AvgIpc) is 2.32. The van der Waals surface area contributed by atoms with Gasteiger partial charge >= 0.3 is 0 Å². The molecule has 0 aliphatic rings. The Kier molecular flexibility index (Phi) is 5.16. The van der Waals surface area contributed by atoms with Crippen molar-refractivity contribution in [2.24, 2.45) is 0 Å².